The minimum absolute atomic E-state index is 0.0391. The van der Waals surface area contributed by atoms with Gasteiger partial charge >= 0.3 is 11.8 Å². The van der Waals surface area contributed by atoms with E-state index in [0.29, 0.717) is 13.1 Å². The van der Waals surface area contributed by atoms with Gasteiger partial charge in [0.2, 0.25) is 0 Å². The van der Waals surface area contributed by atoms with E-state index in [1.54, 1.807) is 4.90 Å². The molecule has 25 heavy (non-hydrogen) atoms. The van der Waals surface area contributed by atoms with E-state index in [0.717, 1.165) is 18.4 Å². The Bertz CT molecular complexity index is 669. The molecule has 0 radical (unpaired) electrons. The molecule has 0 aliphatic carbocycles. The van der Waals surface area contributed by atoms with Gasteiger partial charge in [0.15, 0.2) is 0 Å². The van der Waals surface area contributed by atoms with Crippen LogP contribution in [0, 0.1) is 0 Å². The molecule has 0 spiro atoms. The Morgan fingerprint density at radius 1 is 0.920 bits per heavy atom. The average Bonchev–Trinajstić information content (AvgIpc) is 2.64. The molecular formula is C21H26N2O2. The molecule has 2 amide bonds. The van der Waals surface area contributed by atoms with Crippen LogP contribution in [-0.2, 0) is 22.6 Å². The van der Waals surface area contributed by atoms with Crippen molar-refractivity contribution in [2.45, 2.75) is 39.3 Å². The van der Waals surface area contributed by atoms with Crippen molar-refractivity contribution < 1.29 is 9.59 Å². The molecule has 2 aromatic rings. The number of nitrogens with one attached hydrogen (secondary N) is 1. The first-order chi connectivity index (χ1) is 12.1. The maximum absolute atomic E-state index is 12.5. The number of amides is 2. The van der Waals surface area contributed by atoms with Crippen molar-refractivity contribution in [2.24, 2.45) is 0 Å². The molecule has 132 valence electrons. The zero-order chi connectivity index (χ0) is 18.1. The van der Waals surface area contributed by atoms with Gasteiger partial charge in [0.25, 0.3) is 0 Å². The van der Waals surface area contributed by atoms with Gasteiger partial charge in [-0.3, -0.25) is 9.59 Å². The Morgan fingerprint density at radius 2 is 1.48 bits per heavy atom. The zero-order valence-electron chi connectivity index (χ0n) is 14.9. The van der Waals surface area contributed by atoms with Crippen LogP contribution in [0.15, 0.2) is 60.7 Å². The van der Waals surface area contributed by atoms with E-state index in [1.807, 2.05) is 62.4 Å². The van der Waals surface area contributed by atoms with Crippen molar-refractivity contribution in [1.82, 2.24) is 10.2 Å². The smallest absolute Gasteiger partial charge is 0.312 e. The lowest BCUT2D eigenvalue weighted by atomic mass is 10.1. The number of carbonyl (C=O) groups is 2. The van der Waals surface area contributed by atoms with Gasteiger partial charge in [-0.2, -0.15) is 0 Å². The van der Waals surface area contributed by atoms with E-state index >= 15 is 0 Å². The predicted octanol–water partition coefficient (Wildman–Crippen LogP) is 3.17. The second kappa shape index (κ2) is 9.62. The summed E-state index contributed by atoms with van der Waals surface area (Å²) in [4.78, 5) is 26.3. The summed E-state index contributed by atoms with van der Waals surface area (Å²) in [6.07, 6.45) is 1.69. The monoisotopic (exact) mass is 338 g/mol. The third-order valence-electron chi connectivity index (χ3n) is 4.04. The maximum atomic E-state index is 12.5. The van der Waals surface area contributed by atoms with Crippen LogP contribution >= 0.6 is 0 Å². The lowest BCUT2D eigenvalue weighted by Crippen LogP contribution is -2.46. The highest BCUT2D eigenvalue weighted by Gasteiger charge is 2.23. The fraction of sp³-hybridized carbons (Fsp3) is 0.333. The topological polar surface area (TPSA) is 49.4 Å². The van der Waals surface area contributed by atoms with Crippen LogP contribution in [0.2, 0.25) is 0 Å². The third-order valence-corrected chi connectivity index (χ3v) is 4.04. The van der Waals surface area contributed by atoms with Crippen LogP contribution < -0.4 is 5.32 Å². The van der Waals surface area contributed by atoms with Crippen LogP contribution in [0.4, 0.5) is 0 Å². The van der Waals surface area contributed by atoms with Gasteiger partial charge in [-0.15, -0.1) is 0 Å². The highest BCUT2D eigenvalue weighted by molar-refractivity contribution is 6.35. The van der Waals surface area contributed by atoms with Crippen molar-refractivity contribution >= 4 is 11.8 Å². The van der Waals surface area contributed by atoms with Crippen molar-refractivity contribution in [1.29, 1.82) is 0 Å². The molecule has 0 saturated carbocycles. The molecule has 0 heterocycles. The zero-order valence-corrected chi connectivity index (χ0v) is 14.9. The number of benzene rings is 2. The van der Waals surface area contributed by atoms with Crippen molar-refractivity contribution in [3.8, 4) is 0 Å². The minimum Gasteiger partial charge on any atom is -0.348 e. The SMILES string of the molecule is CC(C)N(Cc1ccccc1)C(=O)C(=O)NCCCc1ccccc1. The first-order valence-corrected chi connectivity index (χ1v) is 8.74. The molecule has 0 aromatic heterocycles. The van der Waals surface area contributed by atoms with Gasteiger partial charge in [0.05, 0.1) is 0 Å². The van der Waals surface area contributed by atoms with Crippen LogP contribution in [0.3, 0.4) is 0 Å². The molecule has 0 aliphatic rings. The van der Waals surface area contributed by atoms with E-state index in [-0.39, 0.29) is 6.04 Å². The molecule has 0 aliphatic heterocycles. The molecule has 4 nitrogen and oxygen atoms in total. The van der Waals surface area contributed by atoms with Gasteiger partial charge in [0, 0.05) is 19.1 Å². The van der Waals surface area contributed by atoms with Gasteiger partial charge in [0.1, 0.15) is 0 Å². The Balaban J connectivity index is 1.82. The van der Waals surface area contributed by atoms with Crippen LogP contribution in [-0.4, -0.2) is 29.3 Å². The Hall–Kier alpha value is -2.62. The maximum Gasteiger partial charge on any atom is 0.312 e. The molecule has 0 unspecified atom stereocenters. The summed E-state index contributed by atoms with van der Waals surface area (Å²) < 4.78 is 0. The first-order valence-electron chi connectivity index (χ1n) is 8.74. The largest absolute Gasteiger partial charge is 0.348 e. The molecule has 0 bridgehead atoms. The third kappa shape index (κ3) is 6.07. The molecule has 0 fully saturated rings. The Kier molecular flexibility index (Phi) is 7.20. The molecule has 0 saturated heterocycles. The van der Waals surface area contributed by atoms with Crippen LogP contribution in [0.1, 0.15) is 31.4 Å². The van der Waals surface area contributed by atoms with Crippen molar-refractivity contribution in [3.63, 3.8) is 0 Å². The van der Waals surface area contributed by atoms with Gasteiger partial charge < -0.3 is 10.2 Å². The highest BCUT2D eigenvalue weighted by Crippen LogP contribution is 2.09. The fourth-order valence-corrected chi connectivity index (χ4v) is 2.61. The molecule has 4 heteroatoms. The average molecular weight is 338 g/mol. The van der Waals surface area contributed by atoms with Crippen LogP contribution in [0.25, 0.3) is 0 Å². The molecular weight excluding hydrogens is 312 g/mol. The number of hydrogen-bond acceptors (Lipinski definition) is 2. The van der Waals surface area contributed by atoms with Gasteiger partial charge in [-0.25, -0.2) is 0 Å². The summed E-state index contributed by atoms with van der Waals surface area (Å²) in [6, 6.07) is 19.8. The normalized spacial score (nSPS) is 10.5. The van der Waals surface area contributed by atoms with E-state index in [2.05, 4.69) is 17.4 Å². The minimum atomic E-state index is -0.530. The molecule has 1 N–H and O–H groups in total. The quantitative estimate of drug-likeness (QED) is 0.623. The molecule has 0 atom stereocenters. The second-order valence-corrected chi connectivity index (χ2v) is 6.36. The van der Waals surface area contributed by atoms with E-state index in [4.69, 9.17) is 0 Å². The first kappa shape index (κ1) is 18.7. The van der Waals surface area contributed by atoms with Gasteiger partial charge in [-0.1, -0.05) is 60.7 Å². The summed E-state index contributed by atoms with van der Waals surface area (Å²) in [5.41, 5.74) is 2.25. The van der Waals surface area contributed by atoms with Crippen LogP contribution in [0.5, 0.6) is 0 Å². The number of hydrogen-bond donors (Lipinski definition) is 1. The fourth-order valence-electron chi connectivity index (χ4n) is 2.61. The standard InChI is InChI=1S/C21H26N2O2/c1-17(2)23(16-19-12-7-4-8-13-19)21(25)20(24)22-15-9-14-18-10-5-3-6-11-18/h3-8,10-13,17H,9,14-16H2,1-2H3,(H,22,24). The van der Waals surface area contributed by atoms with E-state index < -0.39 is 11.8 Å². The lowest BCUT2D eigenvalue weighted by Gasteiger charge is -2.26. The summed E-state index contributed by atoms with van der Waals surface area (Å²) >= 11 is 0. The predicted molar refractivity (Wildman–Crippen MR) is 99.9 cm³/mol. The highest BCUT2D eigenvalue weighted by atomic mass is 16.2. The van der Waals surface area contributed by atoms with E-state index in [9.17, 15) is 9.59 Å². The summed E-state index contributed by atoms with van der Waals surface area (Å²) in [5.74, 6) is -1.00. The molecule has 2 aromatic carbocycles. The number of carbonyl (C=O) groups excluding carboxylic acids is 2. The van der Waals surface area contributed by atoms with E-state index in [1.165, 1.54) is 5.56 Å². The van der Waals surface area contributed by atoms with Crippen molar-refractivity contribution in [3.05, 3.63) is 71.8 Å². The second-order valence-electron chi connectivity index (χ2n) is 6.36. The summed E-state index contributed by atoms with van der Waals surface area (Å²) in [5, 5.41) is 2.74. The van der Waals surface area contributed by atoms with Gasteiger partial charge in [-0.05, 0) is 37.8 Å². The Labute approximate surface area is 149 Å². The number of nitrogens with zero attached hydrogens (tertiary/aromatic N) is 1. The summed E-state index contributed by atoms with van der Waals surface area (Å²) in [7, 11) is 0. The number of rotatable bonds is 7. The summed E-state index contributed by atoms with van der Waals surface area (Å²) in [6.45, 7) is 4.78. The van der Waals surface area contributed by atoms with Crippen molar-refractivity contribution in [2.75, 3.05) is 6.54 Å². The lowest BCUT2D eigenvalue weighted by molar-refractivity contribution is -0.147. The number of aryl methyl sites for hydroxylation is 1. The Morgan fingerprint density at radius 3 is 2.04 bits per heavy atom. The molecule has 2 rings (SSSR count).